The van der Waals surface area contributed by atoms with Crippen LogP contribution in [0.4, 0.5) is 5.69 Å². The van der Waals surface area contributed by atoms with Gasteiger partial charge in [0.2, 0.25) is 0 Å². The maximum atomic E-state index is 6.13. The van der Waals surface area contributed by atoms with Gasteiger partial charge in [0.1, 0.15) is 12.4 Å². The first-order valence-corrected chi connectivity index (χ1v) is 6.60. The average molecular weight is 276 g/mol. The van der Waals surface area contributed by atoms with E-state index in [2.05, 4.69) is 0 Å². The fourth-order valence-electron chi connectivity index (χ4n) is 2.04. The van der Waals surface area contributed by atoms with E-state index in [1.807, 2.05) is 51.1 Å². The molecule has 100 valence electrons. The highest BCUT2D eigenvalue weighted by atomic mass is 35.5. The zero-order valence-electron chi connectivity index (χ0n) is 11.5. The van der Waals surface area contributed by atoms with Crippen LogP contribution in [-0.2, 0) is 6.61 Å². The predicted octanol–water partition coefficient (Wildman–Crippen LogP) is 4.43. The molecule has 0 aromatic heterocycles. The molecular formula is C16H18ClNO. The Bertz CT molecular complexity index is 588. The summed E-state index contributed by atoms with van der Waals surface area (Å²) in [6.07, 6.45) is 0. The summed E-state index contributed by atoms with van der Waals surface area (Å²) in [5.41, 5.74) is 11.0. The largest absolute Gasteiger partial charge is 0.488 e. The molecule has 0 bridgehead atoms. The second-order valence-electron chi connectivity index (χ2n) is 4.80. The maximum Gasteiger partial charge on any atom is 0.124 e. The first-order chi connectivity index (χ1) is 8.99. The third kappa shape index (κ3) is 3.02. The number of nitrogens with two attached hydrogens (primary N) is 1. The van der Waals surface area contributed by atoms with Crippen molar-refractivity contribution in [2.24, 2.45) is 0 Å². The number of hydrogen-bond acceptors (Lipinski definition) is 2. The second-order valence-corrected chi connectivity index (χ2v) is 5.21. The van der Waals surface area contributed by atoms with Crippen molar-refractivity contribution in [2.75, 3.05) is 5.73 Å². The Morgan fingerprint density at radius 1 is 1.05 bits per heavy atom. The molecule has 0 unspecified atom stereocenters. The number of anilines is 1. The van der Waals surface area contributed by atoms with Crippen LogP contribution in [0.1, 0.15) is 22.3 Å². The summed E-state index contributed by atoms with van der Waals surface area (Å²) in [4.78, 5) is 0. The number of benzene rings is 2. The number of ether oxygens (including phenoxy) is 1. The van der Waals surface area contributed by atoms with E-state index in [0.29, 0.717) is 6.61 Å². The van der Waals surface area contributed by atoms with Crippen LogP contribution < -0.4 is 10.5 Å². The number of hydrogen-bond donors (Lipinski definition) is 1. The lowest BCUT2D eigenvalue weighted by atomic mass is 10.1. The van der Waals surface area contributed by atoms with Crippen molar-refractivity contribution in [3.8, 4) is 5.75 Å². The summed E-state index contributed by atoms with van der Waals surface area (Å²) in [6.45, 7) is 6.49. The van der Waals surface area contributed by atoms with Gasteiger partial charge < -0.3 is 10.5 Å². The summed E-state index contributed by atoms with van der Waals surface area (Å²) >= 11 is 6.13. The Labute approximate surface area is 119 Å². The fraction of sp³-hybridized carbons (Fsp3) is 0.250. The van der Waals surface area contributed by atoms with Gasteiger partial charge in [-0.05, 0) is 49.6 Å². The van der Waals surface area contributed by atoms with E-state index in [1.54, 1.807) is 0 Å². The Balaban J connectivity index is 2.22. The minimum atomic E-state index is 0.457. The quantitative estimate of drug-likeness (QED) is 0.841. The van der Waals surface area contributed by atoms with Gasteiger partial charge in [-0.1, -0.05) is 29.8 Å². The second kappa shape index (κ2) is 5.54. The molecule has 2 rings (SSSR count). The van der Waals surface area contributed by atoms with E-state index < -0.39 is 0 Å². The van der Waals surface area contributed by atoms with Crippen molar-refractivity contribution in [1.82, 2.24) is 0 Å². The normalized spacial score (nSPS) is 10.5. The molecular weight excluding hydrogens is 258 g/mol. The van der Waals surface area contributed by atoms with Crippen molar-refractivity contribution in [1.29, 1.82) is 0 Å². The number of rotatable bonds is 3. The highest BCUT2D eigenvalue weighted by Gasteiger charge is 2.07. The third-order valence-corrected chi connectivity index (χ3v) is 3.68. The lowest BCUT2D eigenvalue weighted by Gasteiger charge is -2.14. The van der Waals surface area contributed by atoms with E-state index in [-0.39, 0.29) is 0 Å². The lowest BCUT2D eigenvalue weighted by Crippen LogP contribution is -2.03. The summed E-state index contributed by atoms with van der Waals surface area (Å²) in [5.74, 6) is 0.804. The van der Waals surface area contributed by atoms with Gasteiger partial charge in [0.05, 0.1) is 0 Å². The fourth-order valence-corrected chi connectivity index (χ4v) is 2.19. The summed E-state index contributed by atoms with van der Waals surface area (Å²) < 4.78 is 5.86. The average Bonchev–Trinajstić information content (AvgIpc) is 2.34. The summed E-state index contributed by atoms with van der Waals surface area (Å²) in [6, 6.07) is 9.76. The molecule has 0 saturated carbocycles. The minimum absolute atomic E-state index is 0.457. The van der Waals surface area contributed by atoms with Crippen LogP contribution in [0, 0.1) is 20.8 Å². The van der Waals surface area contributed by atoms with E-state index >= 15 is 0 Å². The Morgan fingerprint density at radius 3 is 2.47 bits per heavy atom. The first-order valence-electron chi connectivity index (χ1n) is 6.22. The molecule has 0 amide bonds. The van der Waals surface area contributed by atoms with Crippen molar-refractivity contribution >= 4 is 17.3 Å². The van der Waals surface area contributed by atoms with Gasteiger partial charge in [0, 0.05) is 16.3 Å². The van der Waals surface area contributed by atoms with Gasteiger partial charge in [0.25, 0.3) is 0 Å². The number of nitrogen functional groups attached to an aromatic ring is 1. The lowest BCUT2D eigenvalue weighted by molar-refractivity contribution is 0.304. The zero-order chi connectivity index (χ0) is 14.0. The van der Waals surface area contributed by atoms with Crippen molar-refractivity contribution in [3.63, 3.8) is 0 Å². The molecule has 2 N–H and O–H groups in total. The molecule has 0 saturated heterocycles. The SMILES string of the molecule is Cc1cc(C)c(OCc2c(C)cccc2N)cc1Cl. The van der Waals surface area contributed by atoms with Crippen LogP contribution in [0.3, 0.4) is 0 Å². The van der Waals surface area contributed by atoms with Gasteiger partial charge in [0.15, 0.2) is 0 Å². The van der Waals surface area contributed by atoms with Gasteiger partial charge in [-0.3, -0.25) is 0 Å². The van der Waals surface area contributed by atoms with Crippen LogP contribution in [0.2, 0.25) is 5.02 Å². The molecule has 2 aromatic rings. The molecule has 19 heavy (non-hydrogen) atoms. The molecule has 0 aliphatic heterocycles. The zero-order valence-corrected chi connectivity index (χ0v) is 12.2. The molecule has 0 fully saturated rings. The molecule has 3 heteroatoms. The highest BCUT2D eigenvalue weighted by molar-refractivity contribution is 6.31. The molecule has 0 aliphatic carbocycles. The Morgan fingerprint density at radius 2 is 1.79 bits per heavy atom. The van der Waals surface area contributed by atoms with Crippen molar-refractivity contribution in [2.45, 2.75) is 27.4 Å². The smallest absolute Gasteiger partial charge is 0.124 e. The van der Waals surface area contributed by atoms with Crippen LogP contribution in [0.15, 0.2) is 30.3 Å². The van der Waals surface area contributed by atoms with E-state index in [1.165, 1.54) is 0 Å². The van der Waals surface area contributed by atoms with Crippen LogP contribution in [0.25, 0.3) is 0 Å². The Kier molecular flexibility index (Phi) is 4.01. The van der Waals surface area contributed by atoms with Gasteiger partial charge >= 0.3 is 0 Å². The van der Waals surface area contributed by atoms with Crippen LogP contribution >= 0.6 is 11.6 Å². The van der Waals surface area contributed by atoms with Gasteiger partial charge in [-0.2, -0.15) is 0 Å². The summed E-state index contributed by atoms with van der Waals surface area (Å²) in [5, 5.41) is 0.721. The monoisotopic (exact) mass is 275 g/mol. The highest BCUT2D eigenvalue weighted by Crippen LogP contribution is 2.28. The molecule has 0 aliphatic rings. The first kappa shape index (κ1) is 13.8. The molecule has 0 spiro atoms. The molecule has 2 aromatic carbocycles. The Hall–Kier alpha value is -1.67. The topological polar surface area (TPSA) is 35.2 Å². The molecule has 2 nitrogen and oxygen atoms in total. The van der Waals surface area contributed by atoms with E-state index in [4.69, 9.17) is 22.1 Å². The number of aryl methyl sites for hydroxylation is 3. The van der Waals surface area contributed by atoms with Gasteiger partial charge in [-0.15, -0.1) is 0 Å². The van der Waals surface area contributed by atoms with Crippen molar-refractivity contribution in [3.05, 3.63) is 57.6 Å². The molecule has 0 heterocycles. The van der Waals surface area contributed by atoms with Crippen LogP contribution in [0.5, 0.6) is 5.75 Å². The van der Waals surface area contributed by atoms with Crippen molar-refractivity contribution < 1.29 is 4.74 Å². The van der Waals surface area contributed by atoms with Gasteiger partial charge in [-0.25, -0.2) is 0 Å². The standard InChI is InChI=1S/C16H18ClNO/c1-10-5-4-6-15(18)13(10)9-19-16-8-14(17)11(2)7-12(16)3/h4-8H,9,18H2,1-3H3. The summed E-state index contributed by atoms with van der Waals surface area (Å²) in [7, 11) is 0. The predicted molar refractivity (Wildman–Crippen MR) is 80.8 cm³/mol. The number of halogens is 1. The van der Waals surface area contributed by atoms with E-state index in [9.17, 15) is 0 Å². The molecule has 0 atom stereocenters. The maximum absolute atomic E-state index is 6.13. The third-order valence-electron chi connectivity index (χ3n) is 3.27. The van der Waals surface area contributed by atoms with E-state index in [0.717, 1.165) is 38.7 Å². The molecule has 0 radical (unpaired) electrons. The van der Waals surface area contributed by atoms with Crippen LogP contribution in [-0.4, -0.2) is 0 Å². The minimum Gasteiger partial charge on any atom is -0.488 e.